The predicted molar refractivity (Wildman–Crippen MR) is 78.2 cm³/mol. The molecule has 2 rings (SSSR count). The fourth-order valence-electron chi connectivity index (χ4n) is 1.51. The van der Waals surface area contributed by atoms with E-state index in [1.54, 1.807) is 30.0 Å². The van der Waals surface area contributed by atoms with Crippen molar-refractivity contribution in [1.82, 2.24) is 4.98 Å². The van der Waals surface area contributed by atoms with Gasteiger partial charge in [0.1, 0.15) is 11.5 Å². The lowest BCUT2D eigenvalue weighted by atomic mass is 10.3. The zero-order valence-electron chi connectivity index (χ0n) is 10.4. The van der Waals surface area contributed by atoms with E-state index in [0.717, 1.165) is 10.6 Å². The third-order valence-electron chi connectivity index (χ3n) is 2.48. The molecule has 98 valence electrons. The summed E-state index contributed by atoms with van der Waals surface area (Å²) in [6, 6.07) is 12.6. The number of amides is 1. The van der Waals surface area contributed by atoms with Gasteiger partial charge >= 0.3 is 0 Å². The van der Waals surface area contributed by atoms with E-state index < -0.39 is 0 Å². The molecule has 0 aliphatic rings. The lowest BCUT2D eigenvalue weighted by Crippen LogP contribution is -2.16. The summed E-state index contributed by atoms with van der Waals surface area (Å²) in [4.78, 5) is 17.2. The minimum Gasteiger partial charge on any atom is -0.321 e. The number of nitrogens with one attached hydrogen (secondary N) is 2. The number of hydrogen-bond donors (Lipinski definition) is 3. The minimum atomic E-state index is -0.269. The van der Waals surface area contributed by atoms with Crippen molar-refractivity contribution in [2.45, 2.75) is 4.90 Å². The molecular formula is C13H14N4OS. The van der Waals surface area contributed by atoms with E-state index in [4.69, 9.17) is 5.84 Å². The predicted octanol–water partition coefficient (Wildman–Crippen LogP) is 2.34. The van der Waals surface area contributed by atoms with Crippen LogP contribution < -0.4 is 16.6 Å². The standard InChI is InChI=1S/C13H14N4OS/c1-19-10-7-5-9(6-8-10)15-13(18)11-3-2-4-12(16-11)17-14/h2-8H,14H2,1H3,(H,15,18)(H,16,17). The van der Waals surface area contributed by atoms with Crippen LogP contribution in [0.5, 0.6) is 0 Å². The molecule has 0 unspecified atom stereocenters. The van der Waals surface area contributed by atoms with Gasteiger partial charge in [-0.2, -0.15) is 0 Å². The molecule has 1 aromatic carbocycles. The zero-order valence-corrected chi connectivity index (χ0v) is 11.2. The highest BCUT2D eigenvalue weighted by Crippen LogP contribution is 2.18. The Kier molecular flexibility index (Phi) is 4.38. The second-order valence-electron chi connectivity index (χ2n) is 3.74. The summed E-state index contributed by atoms with van der Waals surface area (Å²) >= 11 is 1.65. The molecule has 0 spiro atoms. The van der Waals surface area contributed by atoms with E-state index in [1.807, 2.05) is 30.5 Å². The number of thioether (sulfide) groups is 1. The van der Waals surface area contributed by atoms with Crippen LogP contribution in [0.3, 0.4) is 0 Å². The van der Waals surface area contributed by atoms with E-state index in [-0.39, 0.29) is 5.91 Å². The third kappa shape index (κ3) is 3.46. The fraction of sp³-hybridized carbons (Fsp3) is 0.0769. The average molecular weight is 274 g/mol. The second-order valence-corrected chi connectivity index (χ2v) is 4.61. The first kappa shape index (κ1) is 13.4. The molecule has 0 saturated carbocycles. The molecule has 1 amide bonds. The number of hydrogen-bond acceptors (Lipinski definition) is 5. The van der Waals surface area contributed by atoms with Crippen molar-refractivity contribution >= 4 is 29.2 Å². The quantitative estimate of drug-likeness (QED) is 0.453. The van der Waals surface area contributed by atoms with Gasteiger partial charge in [0.05, 0.1) is 0 Å². The Morgan fingerprint density at radius 1 is 1.21 bits per heavy atom. The Labute approximate surface area is 115 Å². The van der Waals surface area contributed by atoms with Gasteiger partial charge in [-0.3, -0.25) is 4.79 Å². The second kappa shape index (κ2) is 6.21. The average Bonchev–Trinajstić information content (AvgIpc) is 2.48. The number of carbonyl (C=O) groups is 1. The van der Waals surface area contributed by atoms with Crippen LogP contribution in [0.1, 0.15) is 10.5 Å². The van der Waals surface area contributed by atoms with Crippen LogP contribution in [0.4, 0.5) is 11.5 Å². The first-order valence-electron chi connectivity index (χ1n) is 5.62. The van der Waals surface area contributed by atoms with E-state index in [0.29, 0.717) is 11.5 Å². The number of pyridine rings is 1. The van der Waals surface area contributed by atoms with Crippen LogP contribution in [0.2, 0.25) is 0 Å². The number of benzene rings is 1. The van der Waals surface area contributed by atoms with E-state index >= 15 is 0 Å². The van der Waals surface area contributed by atoms with Crippen LogP contribution in [-0.2, 0) is 0 Å². The van der Waals surface area contributed by atoms with E-state index in [9.17, 15) is 4.79 Å². The highest BCUT2D eigenvalue weighted by molar-refractivity contribution is 7.98. The van der Waals surface area contributed by atoms with Crippen molar-refractivity contribution in [3.8, 4) is 0 Å². The maximum Gasteiger partial charge on any atom is 0.274 e. The van der Waals surface area contributed by atoms with Gasteiger partial charge in [0, 0.05) is 10.6 Å². The van der Waals surface area contributed by atoms with Crippen LogP contribution in [0.25, 0.3) is 0 Å². The van der Waals surface area contributed by atoms with E-state index in [1.165, 1.54) is 0 Å². The maximum atomic E-state index is 12.0. The molecule has 6 heteroatoms. The normalized spacial score (nSPS) is 10.0. The minimum absolute atomic E-state index is 0.269. The highest BCUT2D eigenvalue weighted by Gasteiger charge is 2.08. The fourth-order valence-corrected chi connectivity index (χ4v) is 1.92. The molecule has 1 heterocycles. The molecule has 0 atom stereocenters. The Morgan fingerprint density at radius 3 is 2.58 bits per heavy atom. The summed E-state index contributed by atoms with van der Waals surface area (Å²) in [6.07, 6.45) is 2.00. The van der Waals surface area contributed by atoms with Gasteiger partial charge < -0.3 is 10.7 Å². The summed E-state index contributed by atoms with van der Waals surface area (Å²) in [5.41, 5.74) is 3.45. The lowest BCUT2D eigenvalue weighted by molar-refractivity contribution is 0.102. The van der Waals surface area contributed by atoms with Gasteiger partial charge in [0.25, 0.3) is 5.91 Å². The molecule has 5 nitrogen and oxygen atoms in total. The highest BCUT2D eigenvalue weighted by atomic mass is 32.2. The Morgan fingerprint density at radius 2 is 1.95 bits per heavy atom. The number of aromatic nitrogens is 1. The SMILES string of the molecule is CSc1ccc(NC(=O)c2cccc(NN)n2)cc1. The summed E-state index contributed by atoms with van der Waals surface area (Å²) in [7, 11) is 0. The summed E-state index contributed by atoms with van der Waals surface area (Å²) in [5, 5.41) is 2.78. The zero-order chi connectivity index (χ0) is 13.7. The lowest BCUT2D eigenvalue weighted by Gasteiger charge is -2.06. The van der Waals surface area contributed by atoms with Crippen molar-refractivity contribution in [3.05, 3.63) is 48.2 Å². The van der Waals surface area contributed by atoms with E-state index in [2.05, 4.69) is 15.7 Å². The number of rotatable bonds is 4. The van der Waals surface area contributed by atoms with Crippen LogP contribution in [0, 0.1) is 0 Å². The van der Waals surface area contributed by atoms with Crippen molar-refractivity contribution in [2.24, 2.45) is 5.84 Å². The Bertz CT molecular complexity index is 571. The number of nitrogens with zero attached hydrogens (tertiary/aromatic N) is 1. The van der Waals surface area contributed by atoms with Crippen molar-refractivity contribution in [1.29, 1.82) is 0 Å². The van der Waals surface area contributed by atoms with Gasteiger partial charge in [-0.25, -0.2) is 10.8 Å². The molecule has 0 saturated heterocycles. The van der Waals surface area contributed by atoms with Crippen molar-refractivity contribution in [3.63, 3.8) is 0 Å². The molecule has 0 bridgehead atoms. The van der Waals surface area contributed by atoms with Crippen LogP contribution >= 0.6 is 11.8 Å². The number of hydrazine groups is 1. The van der Waals surface area contributed by atoms with Crippen LogP contribution in [0.15, 0.2) is 47.4 Å². The molecule has 0 radical (unpaired) electrons. The molecule has 0 aliphatic heterocycles. The number of carbonyl (C=O) groups excluding carboxylic acids is 1. The summed E-state index contributed by atoms with van der Waals surface area (Å²) < 4.78 is 0. The van der Waals surface area contributed by atoms with Crippen LogP contribution in [-0.4, -0.2) is 17.1 Å². The molecule has 1 aromatic heterocycles. The smallest absolute Gasteiger partial charge is 0.274 e. The van der Waals surface area contributed by atoms with Gasteiger partial charge in [-0.05, 0) is 42.7 Å². The summed E-state index contributed by atoms with van der Waals surface area (Å²) in [5.74, 6) is 5.44. The Hall–Kier alpha value is -2.05. The van der Waals surface area contributed by atoms with Gasteiger partial charge in [0.2, 0.25) is 0 Å². The van der Waals surface area contributed by atoms with Crippen molar-refractivity contribution in [2.75, 3.05) is 17.0 Å². The first-order valence-corrected chi connectivity index (χ1v) is 6.84. The van der Waals surface area contributed by atoms with Gasteiger partial charge in [0.15, 0.2) is 0 Å². The third-order valence-corrected chi connectivity index (χ3v) is 3.22. The molecule has 19 heavy (non-hydrogen) atoms. The number of nitrogen functional groups attached to an aromatic ring is 1. The van der Waals surface area contributed by atoms with Gasteiger partial charge in [-0.15, -0.1) is 11.8 Å². The molecule has 0 fully saturated rings. The first-order chi connectivity index (χ1) is 9.22. The largest absolute Gasteiger partial charge is 0.321 e. The summed E-state index contributed by atoms with van der Waals surface area (Å²) in [6.45, 7) is 0. The number of anilines is 2. The molecule has 0 aliphatic carbocycles. The molecular weight excluding hydrogens is 260 g/mol. The monoisotopic (exact) mass is 274 g/mol. The molecule has 4 N–H and O–H groups in total. The maximum absolute atomic E-state index is 12.0. The topological polar surface area (TPSA) is 80.0 Å². The van der Waals surface area contributed by atoms with Crippen molar-refractivity contribution < 1.29 is 4.79 Å². The molecule has 2 aromatic rings. The Balaban J connectivity index is 2.11. The van der Waals surface area contributed by atoms with Gasteiger partial charge in [-0.1, -0.05) is 6.07 Å². The number of nitrogens with two attached hydrogens (primary N) is 1.